The summed E-state index contributed by atoms with van der Waals surface area (Å²) in [6.45, 7) is 0.0922. The Balaban J connectivity index is 1.61. The van der Waals surface area contributed by atoms with E-state index in [0.29, 0.717) is 5.41 Å². The van der Waals surface area contributed by atoms with Crippen LogP contribution in [0.3, 0.4) is 0 Å². The van der Waals surface area contributed by atoms with E-state index in [1.54, 1.807) is 5.57 Å². The van der Waals surface area contributed by atoms with Gasteiger partial charge in [-0.05, 0) is 43.6 Å². The maximum absolute atomic E-state index is 12.0. The van der Waals surface area contributed by atoms with Gasteiger partial charge in [-0.2, -0.15) is 0 Å². The summed E-state index contributed by atoms with van der Waals surface area (Å²) in [5.74, 6) is 0.741. The number of rotatable bonds is 3. The molecule has 0 saturated heterocycles. The molecule has 4 bridgehead atoms. The summed E-state index contributed by atoms with van der Waals surface area (Å²) in [5, 5.41) is 3.30. The molecule has 114 valence electrons. The zero-order chi connectivity index (χ0) is 15.0. The Bertz CT molecular complexity index is 697. The van der Waals surface area contributed by atoms with Crippen molar-refractivity contribution in [2.45, 2.75) is 43.1 Å². The molecular formula is C19H22N2O. The van der Waals surface area contributed by atoms with Gasteiger partial charge in [0.1, 0.15) is 0 Å². The molecule has 0 aromatic heterocycles. The summed E-state index contributed by atoms with van der Waals surface area (Å²) >= 11 is 0. The molecule has 1 aromatic rings. The maximum atomic E-state index is 12.0. The van der Waals surface area contributed by atoms with Crippen LogP contribution in [0.2, 0.25) is 0 Å². The molecule has 1 amide bonds. The number of benzene rings is 1. The summed E-state index contributed by atoms with van der Waals surface area (Å²) in [7, 11) is 0. The average molecular weight is 294 g/mol. The van der Waals surface area contributed by atoms with Crippen molar-refractivity contribution in [3.05, 3.63) is 47.5 Å². The highest BCUT2D eigenvalue weighted by Gasteiger charge is 2.76. The van der Waals surface area contributed by atoms with E-state index in [1.165, 1.54) is 18.4 Å². The second-order valence-electron chi connectivity index (χ2n) is 7.80. The monoisotopic (exact) mass is 294 g/mol. The number of hydrogen-bond donors (Lipinski definition) is 2. The van der Waals surface area contributed by atoms with Crippen molar-refractivity contribution in [2.75, 3.05) is 6.54 Å². The molecule has 4 atom stereocenters. The SMILES string of the molecule is NCC(=O)NC12CC3=CC(c4ccccc4)(C1)C31CCC1C2. The van der Waals surface area contributed by atoms with Crippen molar-refractivity contribution in [1.29, 1.82) is 0 Å². The minimum Gasteiger partial charge on any atom is -0.349 e. The Morgan fingerprint density at radius 3 is 2.77 bits per heavy atom. The average Bonchev–Trinajstić information content (AvgIpc) is 2.51. The molecule has 3 nitrogen and oxygen atoms in total. The van der Waals surface area contributed by atoms with E-state index in [9.17, 15) is 4.79 Å². The molecule has 22 heavy (non-hydrogen) atoms. The predicted molar refractivity (Wildman–Crippen MR) is 85.1 cm³/mol. The van der Waals surface area contributed by atoms with Crippen LogP contribution in [-0.4, -0.2) is 18.0 Å². The van der Waals surface area contributed by atoms with E-state index in [1.807, 2.05) is 0 Å². The number of carbonyl (C=O) groups excluding carboxylic acids is 1. The highest BCUT2D eigenvalue weighted by molar-refractivity contribution is 5.79. The molecule has 4 saturated carbocycles. The Labute approximate surface area is 131 Å². The topological polar surface area (TPSA) is 55.1 Å². The lowest BCUT2D eigenvalue weighted by atomic mass is 9.27. The quantitative estimate of drug-likeness (QED) is 0.840. The Kier molecular flexibility index (Phi) is 2.24. The minimum atomic E-state index is -0.0524. The standard InChI is InChI=1S/C19H22N2O/c20-11-16(22)21-17-8-14-6-7-19(14)15(9-17)10-18(19,12-17)13-4-2-1-3-5-13/h1-5,10,14H,6-9,11-12,20H2,(H,21,22). The summed E-state index contributed by atoms with van der Waals surface area (Å²) in [4.78, 5) is 12.0. The second kappa shape index (κ2) is 3.83. The summed E-state index contributed by atoms with van der Waals surface area (Å²) in [6.07, 6.45) is 8.41. The van der Waals surface area contributed by atoms with Crippen LogP contribution in [0.15, 0.2) is 42.0 Å². The minimum absolute atomic E-state index is 0.00284. The molecule has 1 spiro atoms. The first kappa shape index (κ1) is 12.9. The number of allylic oxidation sites excluding steroid dienone is 1. The van der Waals surface area contributed by atoms with Gasteiger partial charge < -0.3 is 11.1 Å². The van der Waals surface area contributed by atoms with E-state index >= 15 is 0 Å². The van der Waals surface area contributed by atoms with Crippen LogP contribution in [0, 0.1) is 11.3 Å². The van der Waals surface area contributed by atoms with Gasteiger partial charge in [0.15, 0.2) is 0 Å². The molecule has 3 heteroatoms. The lowest BCUT2D eigenvalue weighted by molar-refractivity contribution is -0.147. The molecule has 0 radical (unpaired) electrons. The van der Waals surface area contributed by atoms with E-state index in [0.717, 1.165) is 25.2 Å². The van der Waals surface area contributed by atoms with Gasteiger partial charge >= 0.3 is 0 Å². The van der Waals surface area contributed by atoms with Crippen molar-refractivity contribution in [3.63, 3.8) is 0 Å². The predicted octanol–water partition coefficient (Wildman–Crippen LogP) is 2.27. The first-order chi connectivity index (χ1) is 10.6. The van der Waals surface area contributed by atoms with Gasteiger partial charge in [-0.1, -0.05) is 42.0 Å². The van der Waals surface area contributed by atoms with Crippen molar-refractivity contribution in [3.8, 4) is 0 Å². The number of amides is 1. The van der Waals surface area contributed by atoms with Crippen LogP contribution in [0.25, 0.3) is 0 Å². The summed E-state index contributed by atoms with van der Waals surface area (Å²) in [5.41, 5.74) is 9.13. The Hall–Kier alpha value is -1.61. The van der Waals surface area contributed by atoms with Crippen LogP contribution in [-0.2, 0) is 10.2 Å². The maximum Gasteiger partial charge on any atom is 0.234 e. The lowest BCUT2D eigenvalue weighted by Crippen LogP contribution is -2.77. The molecular weight excluding hydrogens is 272 g/mol. The van der Waals surface area contributed by atoms with Crippen molar-refractivity contribution in [2.24, 2.45) is 17.1 Å². The van der Waals surface area contributed by atoms with Gasteiger partial charge in [0.2, 0.25) is 5.91 Å². The number of carbonyl (C=O) groups is 1. The zero-order valence-corrected chi connectivity index (χ0v) is 12.8. The van der Waals surface area contributed by atoms with E-state index in [4.69, 9.17) is 5.73 Å². The van der Waals surface area contributed by atoms with Gasteiger partial charge in [0.25, 0.3) is 0 Å². The van der Waals surface area contributed by atoms with Gasteiger partial charge in [0.05, 0.1) is 6.54 Å². The number of nitrogens with two attached hydrogens (primary N) is 1. The normalized spacial score (nSPS) is 43.5. The summed E-state index contributed by atoms with van der Waals surface area (Å²) < 4.78 is 0. The molecule has 0 aliphatic heterocycles. The van der Waals surface area contributed by atoms with Crippen LogP contribution in [0.5, 0.6) is 0 Å². The fourth-order valence-corrected chi connectivity index (χ4v) is 6.35. The Morgan fingerprint density at radius 2 is 2.14 bits per heavy atom. The van der Waals surface area contributed by atoms with E-state index in [2.05, 4.69) is 41.7 Å². The van der Waals surface area contributed by atoms with E-state index in [-0.39, 0.29) is 23.4 Å². The van der Waals surface area contributed by atoms with Crippen molar-refractivity contribution < 1.29 is 4.79 Å². The first-order valence-corrected chi connectivity index (χ1v) is 8.43. The largest absolute Gasteiger partial charge is 0.349 e. The third-order valence-electron chi connectivity index (χ3n) is 7.04. The lowest BCUT2D eigenvalue weighted by Gasteiger charge is -2.78. The molecule has 7 rings (SSSR count). The smallest absolute Gasteiger partial charge is 0.234 e. The highest BCUT2D eigenvalue weighted by atomic mass is 16.2. The highest BCUT2D eigenvalue weighted by Crippen LogP contribution is 2.80. The molecule has 3 N–H and O–H groups in total. The van der Waals surface area contributed by atoms with Gasteiger partial charge in [-0.25, -0.2) is 0 Å². The molecule has 1 aromatic carbocycles. The van der Waals surface area contributed by atoms with Crippen LogP contribution < -0.4 is 11.1 Å². The van der Waals surface area contributed by atoms with Crippen LogP contribution >= 0.6 is 0 Å². The van der Waals surface area contributed by atoms with E-state index < -0.39 is 0 Å². The van der Waals surface area contributed by atoms with Crippen molar-refractivity contribution >= 4 is 5.91 Å². The molecule has 0 heterocycles. The number of nitrogens with one attached hydrogen (secondary N) is 1. The molecule has 6 aliphatic carbocycles. The molecule has 6 aliphatic rings. The van der Waals surface area contributed by atoms with Gasteiger partial charge in [0, 0.05) is 16.4 Å². The third-order valence-corrected chi connectivity index (χ3v) is 7.04. The van der Waals surface area contributed by atoms with Crippen molar-refractivity contribution in [1.82, 2.24) is 5.32 Å². The summed E-state index contributed by atoms with van der Waals surface area (Å²) in [6, 6.07) is 10.9. The fourth-order valence-electron chi connectivity index (χ4n) is 6.35. The number of hydrogen-bond acceptors (Lipinski definition) is 2. The van der Waals surface area contributed by atoms with Gasteiger partial charge in [-0.3, -0.25) is 4.79 Å². The molecule has 4 fully saturated rings. The first-order valence-electron chi connectivity index (χ1n) is 8.43. The Morgan fingerprint density at radius 1 is 1.32 bits per heavy atom. The zero-order valence-electron chi connectivity index (χ0n) is 12.8. The van der Waals surface area contributed by atoms with Gasteiger partial charge in [-0.15, -0.1) is 0 Å². The van der Waals surface area contributed by atoms with Crippen LogP contribution in [0.1, 0.15) is 37.7 Å². The molecule has 4 unspecified atom stereocenters. The fraction of sp³-hybridized carbons (Fsp3) is 0.526. The second-order valence-corrected chi connectivity index (χ2v) is 7.80. The third kappa shape index (κ3) is 1.22. The van der Waals surface area contributed by atoms with Crippen LogP contribution in [0.4, 0.5) is 0 Å².